The first-order valence-electron chi connectivity index (χ1n) is 8.00. The Hall–Kier alpha value is -2.00. The fourth-order valence-electron chi connectivity index (χ4n) is 2.53. The van der Waals surface area contributed by atoms with Crippen molar-refractivity contribution >= 4 is 23.2 Å². The van der Waals surface area contributed by atoms with Crippen molar-refractivity contribution in [2.24, 2.45) is 0 Å². The molecule has 0 radical (unpaired) electrons. The Balaban J connectivity index is 1.60. The maximum Gasteiger partial charge on any atom is 0.119 e. The summed E-state index contributed by atoms with van der Waals surface area (Å²) < 4.78 is 5.76. The van der Waals surface area contributed by atoms with Gasteiger partial charge in [-0.15, -0.1) is 0 Å². The molecule has 0 aliphatic carbocycles. The van der Waals surface area contributed by atoms with Gasteiger partial charge in [-0.2, -0.15) is 0 Å². The molecule has 0 heterocycles. The Morgan fingerprint density at radius 1 is 0.800 bits per heavy atom. The van der Waals surface area contributed by atoms with Crippen molar-refractivity contribution in [2.75, 3.05) is 0 Å². The molecule has 25 heavy (non-hydrogen) atoms. The Kier molecular flexibility index (Phi) is 5.98. The largest absolute Gasteiger partial charge is 0.489 e. The molecule has 3 aromatic rings. The number of benzene rings is 3. The van der Waals surface area contributed by atoms with E-state index in [1.807, 2.05) is 60.7 Å². The van der Waals surface area contributed by atoms with Gasteiger partial charge >= 0.3 is 0 Å². The molecule has 0 bridgehead atoms. The first kappa shape index (κ1) is 17.8. The lowest BCUT2D eigenvalue weighted by Gasteiger charge is -2.13. The number of aliphatic hydroxyl groups excluding tert-OH is 1. The second kappa shape index (κ2) is 8.39. The lowest BCUT2D eigenvalue weighted by Crippen LogP contribution is -2.02. The predicted octanol–water partition coefficient (Wildman–Crippen LogP) is 5.85. The summed E-state index contributed by atoms with van der Waals surface area (Å²) in [5.41, 5.74) is 2.88. The molecule has 0 saturated heterocycles. The Labute approximate surface area is 157 Å². The van der Waals surface area contributed by atoms with E-state index in [1.54, 1.807) is 12.1 Å². The zero-order chi connectivity index (χ0) is 17.6. The summed E-state index contributed by atoms with van der Waals surface area (Å²) in [5, 5.41) is 11.4. The molecule has 128 valence electrons. The van der Waals surface area contributed by atoms with Crippen LogP contribution in [0.5, 0.6) is 5.75 Å². The number of halogens is 2. The Morgan fingerprint density at radius 2 is 1.52 bits per heavy atom. The van der Waals surface area contributed by atoms with Crippen LogP contribution < -0.4 is 4.74 Å². The van der Waals surface area contributed by atoms with Crippen molar-refractivity contribution in [2.45, 2.75) is 19.1 Å². The Bertz CT molecular complexity index is 817. The molecule has 3 rings (SSSR count). The summed E-state index contributed by atoms with van der Waals surface area (Å²) in [4.78, 5) is 0. The van der Waals surface area contributed by atoms with Gasteiger partial charge in [-0.05, 0) is 41.0 Å². The highest BCUT2D eigenvalue weighted by Gasteiger charge is 2.10. The first-order chi connectivity index (χ1) is 12.1. The lowest BCUT2D eigenvalue weighted by atomic mass is 10.0. The summed E-state index contributed by atoms with van der Waals surface area (Å²) in [7, 11) is 0. The van der Waals surface area contributed by atoms with Gasteiger partial charge in [0.15, 0.2) is 0 Å². The van der Waals surface area contributed by atoms with E-state index in [2.05, 4.69) is 0 Å². The van der Waals surface area contributed by atoms with E-state index < -0.39 is 6.10 Å². The molecule has 4 heteroatoms. The highest BCUT2D eigenvalue weighted by atomic mass is 35.5. The van der Waals surface area contributed by atoms with Gasteiger partial charge in [0.1, 0.15) is 12.4 Å². The van der Waals surface area contributed by atoms with Crippen LogP contribution in [0.1, 0.15) is 22.8 Å². The van der Waals surface area contributed by atoms with Gasteiger partial charge in [0.2, 0.25) is 0 Å². The third kappa shape index (κ3) is 4.99. The van der Waals surface area contributed by atoms with Gasteiger partial charge in [0, 0.05) is 6.42 Å². The van der Waals surface area contributed by atoms with E-state index in [0.717, 1.165) is 22.4 Å². The monoisotopic (exact) mass is 372 g/mol. The average Bonchev–Trinajstić information content (AvgIpc) is 2.64. The summed E-state index contributed by atoms with van der Waals surface area (Å²) in [6, 6.07) is 22.9. The molecule has 1 atom stereocenters. The molecule has 1 unspecified atom stereocenters. The van der Waals surface area contributed by atoms with Crippen molar-refractivity contribution in [1.29, 1.82) is 0 Å². The maximum atomic E-state index is 10.4. The first-order valence-corrected chi connectivity index (χ1v) is 8.76. The molecule has 2 nitrogen and oxygen atoms in total. The van der Waals surface area contributed by atoms with Crippen LogP contribution in [0.2, 0.25) is 10.0 Å². The smallest absolute Gasteiger partial charge is 0.119 e. The topological polar surface area (TPSA) is 29.5 Å². The number of rotatable bonds is 6. The molecule has 3 aromatic carbocycles. The van der Waals surface area contributed by atoms with Crippen molar-refractivity contribution in [3.05, 3.63) is 99.5 Å². The number of hydrogen-bond acceptors (Lipinski definition) is 2. The van der Waals surface area contributed by atoms with E-state index in [-0.39, 0.29) is 0 Å². The van der Waals surface area contributed by atoms with Gasteiger partial charge in [0.25, 0.3) is 0 Å². The van der Waals surface area contributed by atoms with Crippen LogP contribution in [0.15, 0.2) is 72.8 Å². The van der Waals surface area contributed by atoms with Crippen LogP contribution in [0, 0.1) is 0 Å². The summed E-state index contributed by atoms with van der Waals surface area (Å²) >= 11 is 11.9. The molecule has 0 fully saturated rings. The summed E-state index contributed by atoms with van der Waals surface area (Å²) in [5.74, 6) is 0.773. The van der Waals surface area contributed by atoms with Gasteiger partial charge in [0.05, 0.1) is 16.1 Å². The van der Waals surface area contributed by atoms with Gasteiger partial charge in [-0.25, -0.2) is 0 Å². The van der Waals surface area contributed by atoms with E-state index in [9.17, 15) is 5.11 Å². The fraction of sp³-hybridized carbons (Fsp3) is 0.143. The second-order valence-electron chi connectivity index (χ2n) is 5.81. The van der Waals surface area contributed by atoms with Crippen LogP contribution in [-0.2, 0) is 13.0 Å². The number of aliphatic hydroxyl groups is 1. The molecule has 0 saturated carbocycles. The van der Waals surface area contributed by atoms with Crippen LogP contribution in [0.3, 0.4) is 0 Å². The zero-order valence-electron chi connectivity index (χ0n) is 13.5. The van der Waals surface area contributed by atoms with Gasteiger partial charge < -0.3 is 9.84 Å². The molecule has 0 aliphatic heterocycles. The average molecular weight is 373 g/mol. The fourth-order valence-corrected chi connectivity index (χ4v) is 2.86. The minimum atomic E-state index is -0.611. The van der Waals surface area contributed by atoms with E-state index in [1.165, 1.54) is 0 Å². The van der Waals surface area contributed by atoms with Crippen LogP contribution in [0.25, 0.3) is 0 Å². The lowest BCUT2D eigenvalue weighted by molar-refractivity contribution is 0.178. The molecular weight excluding hydrogens is 355 g/mol. The molecule has 0 aliphatic rings. The van der Waals surface area contributed by atoms with Crippen molar-refractivity contribution in [3.63, 3.8) is 0 Å². The number of ether oxygens (including phenoxy) is 1. The van der Waals surface area contributed by atoms with Crippen molar-refractivity contribution < 1.29 is 9.84 Å². The van der Waals surface area contributed by atoms with Crippen molar-refractivity contribution in [3.8, 4) is 5.75 Å². The highest BCUT2D eigenvalue weighted by Crippen LogP contribution is 2.26. The maximum absolute atomic E-state index is 10.4. The van der Waals surface area contributed by atoms with Gasteiger partial charge in [-0.1, -0.05) is 71.7 Å². The summed E-state index contributed by atoms with van der Waals surface area (Å²) in [6.45, 7) is 0.520. The number of hydrogen-bond donors (Lipinski definition) is 1. The van der Waals surface area contributed by atoms with Crippen LogP contribution in [-0.4, -0.2) is 5.11 Å². The van der Waals surface area contributed by atoms with Crippen molar-refractivity contribution in [1.82, 2.24) is 0 Å². The van der Waals surface area contributed by atoms with Crippen LogP contribution >= 0.6 is 23.2 Å². The highest BCUT2D eigenvalue weighted by molar-refractivity contribution is 6.42. The molecular formula is C21H18Cl2O2. The van der Waals surface area contributed by atoms with Gasteiger partial charge in [-0.3, -0.25) is 0 Å². The normalized spacial score (nSPS) is 12.0. The minimum absolute atomic E-state index is 0.473. The Morgan fingerprint density at radius 3 is 2.20 bits per heavy atom. The van der Waals surface area contributed by atoms with E-state index >= 15 is 0 Å². The molecule has 0 spiro atoms. The predicted molar refractivity (Wildman–Crippen MR) is 102 cm³/mol. The second-order valence-corrected chi connectivity index (χ2v) is 6.63. The summed E-state index contributed by atoms with van der Waals surface area (Å²) in [6.07, 6.45) is -0.137. The van der Waals surface area contributed by atoms with E-state index in [4.69, 9.17) is 27.9 Å². The SMILES string of the molecule is OC(Cc1ccc(Cl)c(Cl)c1)c1ccc(OCc2ccccc2)cc1. The third-order valence-electron chi connectivity index (χ3n) is 3.93. The standard InChI is InChI=1S/C21H18Cl2O2/c22-19-11-6-16(12-20(19)23)13-21(24)17-7-9-18(10-8-17)25-14-15-4-2-1-3-5-15/h1-12,21,24H,13-14H2. The zero-order valence-corrected chi connectivity index (χ0v) is 15.0. The molecule has 0 aromatic heterocycles. The third-order valence-corrected chi connectivity index (χ3v) is 4.67. The van der Waals surface area contributed by atoms with E-state index in [0.29, 0.717) is 23.1 Å². The minimum Gasteiger partial charge on any atom is -0.489 e. The van der Waals surface area contributed by atoms with Crippen LogP contribution in [0.4, 0.5) is 0 Å². The quantitative estimate of drug-likeness (QED) is 0.587. The molecule has 1 N–H and O–H groups in total. The molecule has 0 amide bonds.